The van der Waals surface area contributed by atoms with Crippen molar-refractivity contribution in [1.82, 2.24) is 9.97 Å². The molecule has 0 saturated heterocycles. The predicted octanol–water partition coefficient (Wildman–Crippen LogP) is 4.23. The lowest BCUT2D eigenvalue weighted by Crippen LogP contribution is -2.15. The van der Waals surface area contributed by atoms with E-state index in [4.69, 9.17) is 11.6 Å². The van der Waals surface area contributed by atoms with Crippen LogP contribution in [-0.4, -0.2) is 22.1 Å². The Kier molecular flexibility index (Phi) is 5.20. The molecular weight excluding hydrogens is 306 g/mol. The fourth-order valence-electron chi connectivity index (χ4n) is 1.75. The zero-order valence-electron chi connectivity index (χ0n) is 12.1. The fraction of sp³-hybridized carbons (Fsp3) is 0.267. The number of carbonyl (C=O) groups is 1. The first-order valence-corrected chi connectivity index (χ1v) is 8.09. The summed E-state index contributed by atoms with van der Waals surface area (Å²) in [4.78, 5) is 20.4. The highest BCUT2D eigenvalue weighted by molar-refractivity contribution is 7.98. The fourth-order valence-corrected chi connectivity index (χ4v) is 2.27. The lowest BCUT2D eigenvalue weighted by molar-refractivity contribution is 0.102. The maximum Gasteiger partial charge on any atom is 0.275 e. The molecule has 0 saturated carbocycles. The number of aromatic nitrogens is 2. The van der Waals surface area contributed by atoms with E-state index in [0.717, 1.165) is 0 Å². The molecule has 0 spiro atoms. The van der Waals surface area contributed by atoms with Crippen molar-refractivity contribution < 1.29 is 4.79 Å². The van der Waals surface area contributed by atoms with Gasteiger partial charge in [0.25, 0.3) is 5.91 Å². The zero-order chi connectivity index (χ0) is 15.4. The molecule has 0 unspecified atom stereocenters. The molecule has 0 radical (unpaired) electrons. The number of nitrogens with one attached hydrogen (secondary N) is 1. The van der Waals surface area contributed by atoms with Crippen LogP contribution < -0.4 is 5.32 Å². The van der Waals surface area contributed by atoms with Gasteiger partial charge in [-0.3, -0.25) is 4.79 Å². The van der Waals surface area contributed by atoms with Gasteiger partial charge in [-0.15, -0.1) is 0 Å². The molecule has 2 aromatic rings. The molecule has 0 aliphatic rings. The smallest absolute Gasteiger partial charge is 0.275 e. The van der Waals surface area contributed by atoms with Crippen LogP contribution in [0.4, 0.5) is 5.69 Å². The van der Waals surface area contributed by atoms with E-state index in [0.29, 0.717) is 16.8 Å². The van der Waals surface area contributed by atoms with Crippen molar-refractivity contribution in [2.24, 2.45) is 0 Å². The molecular formula is C15H16ClN3OS. The number of carbonyl (C=O) groups excluding carboxylic acids is 1. The van der Waals surface area contributed by atoms with Crippen LogP contribution >= 0.6 is 23.4 Å². The predicted molar refractivity (Wildman–Crippen MR) is 87.3 cm³/mol. The summed E-state index contributed by atoms with van der Waals surface area (Å²) in [5.74, 6) is 0.116. The molecule has 1 N–H and O–H groups in total. The number of rotatable bonds is 4. The lowest BCUT2D eigenvalue weighted by atomic mass is 10.0. The zero-order valence-corrected chi connectivity index (χ0v) is 13.6. The minimum atomic E-state index is -0.338. The Morgan fingerprint density at radius 3 is 2.52 bits per heavy atom. The topological polar surface area (TPSA) is 54.9 Å². The monoisotopic (exact) mass is 321 g/mol. The number of amides is 1. The minimum absolute atomic E-state index is 0.184. The van der Waals surface area contributed by atoms with Gasteiger partial charge in [0.1, 0.15) is 0 Å². The molecule has 21 heavy (non-hydrogen) atoms. The standard InChI is InChI=1S/C15H16ClN3OS/c1-9(2)10-4-6-11(7-5-10)18-14(20)13-12(16)8-17-15(19-13)21-3/h4-9H,1-3H3,(H,18,20). The van der Waals surface area contributed by atoms with E-state index >= 15 is 0 Å². The highest BCUT2D eigenvalue weighted by Crippen LogP contribution is 2.20. The van der Waals surface area contributed by atoms with E-state index in [2.05, 4.69) is 29.1 Å². The summed E-state index contributed by atoms with van der Waals surface area (Å²) in [6.45, 7) is 4.25. The Morgan fingerprint density at radius 1 is 1.29 bits per heavy atom. The molecule has 110 valence electrons. The molecule has 1 amide bonds. The van der Waals surface area contributed by atoms with E-state index in [1.54, 1.807) is 0 Å². The molecule has 4 nitrogen and oxygen atoms in total. The summed E-state index contributed by atoms with van der Waals surface area (Å²) in [6.07, 6.45) is 3.28. The van der Waals surface area contributed by atoms with Gasteiger partial charge in [-0.25, -0.2) is 9.97 Å². The van der Waals surface area contributed by atoms with Crippen molar-refractivity contribution in [3.63, 3.8) is 0 Å². The second-order valence-electron chi connectivity index (χ2n) is 4.78. The number of benzene rings is 1. The second kappa shape index (κ2) is 6.91. The lowest BCUT2D eigenvalue weighted by Gasteiger charge is -2.09. The van der Waals surface area contributed by atoms with Crippen molar-refractivity contribution >= 4 is 35.0 Å². The molecule has 2 rings (SSSR count). The summed E-state index contributed by atoms with van der Waals surface area (Å²) in [5, 5.41) is 3.55. The first kappa shape index (κ1) is 15.8. The van der Waals surface area contributed by atoms with Gasteiger partial charge < -0.3 is 5.32 Å². The van der Waals surface area contributed by atoms with Crippen molar-refractivity contribution in [2.75, 3.05) is 11.6 Å². The van der Waals surface area contributed by atoms with Gasteiger partial charge in [0.15, 0.2) is 10.9 Å². The Labute approximate surface area is 133 Å². The van der Waals surface area contributed by atoms with Crippen molar-refractivity contribution in [3.8, 4) is 0 Å². The van der Waals surface area contributed by atoms with Crippen LogP contribution in [0.2, 0.25) is 5.02 Å². The summed E-state index contributed by atoms with van der Waals surface area (Å²) < 4.78 is 0. The second-order valence-corrected chi connectivity index (χ2v) is 5.96. The highest BCUT2D eigenvalue weighted by Gasteiger charge is 2.14. The number of halogens is 1. The van der Waals surface area contributed by atoms with E-state index in [-0.39, 0.29) is 16.6 Å². The summed E-state index contributed by atoms with van der Waals surface area (Å²) in [7, 11) is 0. The Balaban J connectivity index is 2.17. The van der Waals surface area contributed by atoms with Gasteiger partial charge >= 0.3 is 0 Å². The van der Waals surface area contributed by atoms with Gasteiger partial charge in [-0.1, -0.05) is 49.3 Å². The quantitative estimate of drug-likeness (QED) is 0.676. The van der Waals surface area contributed by atoms with Gasteiger partial charge in [-0.05, 0) is 29.9 Å². The van der Waals surface area contributed by atoms with Gasteiger partial charge in [0.05, 0.1) is 11.2 Å². The molecule has 0 aliphatic heterocycles. The summed E-state index contributed by atoms with van der Waals surface area (Å²) >= 11 is 7.35. The Hall–Kier alpha value is -1.59. The molecule has 1 aromatic heterocycles. The molecule has 0 aliphatic carbocycles. The van der Waals surface area contributed by atoms with Crippen LogP contribution in [0.15, 0.2) is 35.6 Å². The maximum atomic E-state index is 12.2. The number of thioether (sulfide) groups is 1. The molecule has 0 fully saturated rings. The highest BCUT2D eigenvalue weighted by atomic mass is 35.5. The van der Waals surface area contributed by atoms with Crippen LogP contribution in [0, 0.1) is 0 Å². The maximum absolute atomic E-state index is 12.2. The Morgan fingerprint density at radius 2 is 1.95 bits per heavy atom. The average molecular weight is 322 g/mol. The third-order valence-corrected chi connectivity index (χ3v) is 3.79. The Bertz CT molecular complexity index is 644. The third-order valence-electron chi connectivity index (χ3n) is 2.95. The van der Waals surface area contributed by atoms with Crippen LogP contribution in [0.1, 0.15) is 35.8 Å². The van der Waals surface area contributed by atoms with Crippen molar-refractivity contribution in [1.29, 1.82) is 0 Å². The van der Waals surface area contributed by atoms with Crippen LogP contribution in [0.5, 0.6) is 0 Å². The normalized spacial score (nSPS) is 10.7. The molecule has 0 atom stereocenters. The third kappa shape index (κ3) is 3.95. The summed E-state index contributed by atoms with van der Waals surface area (Å²) in [6, 6.07) is 7.74. The largest absolute Gasteiger partial charge is 0.321 e. The number of hydrogen-bond acceptors (Lipinski definition) is 4. The van der Waals surface area contributed by atoms with E-state index in [1.165, 1.54) is 23.5 Å². The van der Waals surface area contributed by atoms with E-state index in [9.17, 15) is 4.79 Å². The van der Waals surface area contributed by atoms with Gasteiger partial charge in [0.2, 0.25) is 0 Å². The van der Waals surface area contributed by atoms with Crippen molar-refractivity contribution in [2.45, 2.75) is 24.9 Å². The van der Waals surface area contributed by atoms with Gasteiger partial charge in [-0.2, -0.15) is 0 Å². The SMILES string of the molecule is CSc1ncc(Cl)c(C(=O)Nc2ccc(C(C)C)cc2)n1. The van der Waals surface area contributed by atoms with E-state index in [1.807, 2.05) is 30.5 Å². The van der Waals surface area contributed by atoms with Crippen molar-refractivity contribution in [3.05, 3.63) is 46.7 Å². The first-order chi connectivity index (χ1) is 10.0. The van der Waals surface area contributed by atoms with E-state index < -0.39 is 0 Å². The molecule has 1 aromatic carbocycles. The minimum Gasteiger partial charge on any atom is -0.321 e. The number of hydrogen-bond donors (Lipinski definition) is 1. The van der Waals surface area contributed by atoms with Crippen LogP contribution in [-0.2, 0) is 0 Å². The van der Waals surface area contributed by atoms with Crippen LogP contribution in [0.25, 0.3) is 0 Å². The number of nitrogens with zero attached hydrogens (tertiary/aromatic N) is 2. The number of anilines is 1. The average Bonchev–Trinajstić information content (AvgIpc) is 2.48. The molecule has 1 heterocycles. The molecule has 0 bridgehead atoms. The molecule has 6 heteroatoms. The van der Waals surface area contributed by atoms with Crippen LogP contribution in [0.3, 0.4) is 0 Å². The first-order valence-electron chi connectivity index (χ1n) is 6.49. The van der Waals surface area contributed by atoms with Gasteiger partial charge in [0, 0.05) is 5.69 Å². The summed E-state index contributed by atoms with van der Waals surface area (Å²) in [5.41, 5.74) is 2.12.